The molecule has 0 saturated heterocycles. The molecule has 0 aromatic heterocycles. The number of hydrogen-bond acceptors (Lipinski definition) is 2. The topological polar surface area (TPSA) is 9.23 Å². The highest BCUT2D eigenvalue weighted by molar-refractivity contribution is 8.07. The Morgan fingerprint density at radius 3 is 2.71 bits per heavy atom. The van der Waals surface area contributed by atoms with Crippen LogP contribution in [0.2, 0.25) is 0 Å². The van der Waals surface area contributed by atoms with E-state index in [4.69, 9.17) is 11.2 Å². The zero-order valence-corrected chi connectivity index (χ0v) is 15.7. The van der Waals surface area contributed by atoms with Crippen molar-refractivity contribution in [2.75, 3.05) is 7.11 Å². The van der Waals surface area contributed by atoms with Gasteiger partial charge in [-0.1, -0.05) is 48.0 Å². The number of hydrogen-bond donors (Lipinski definition) is 0. The standard InChI is InChI=1S/C22H24OS/c1-7-16(5)24-22(15(3)4)19-11-9-10-17-12-13-18(14-20(17)19)21(8-2)23-6/h1,8,11-14H,5,9-10H2,2-4,6H3/b21-8-. The molecule has 124 valence electrons. The van der Waals surface area contributed by atoms with Crippen LogP contribution in [0.25, 0.3) is 11.3 Å². The highest BCUT2D eigenvalue weighted by Crippen LogP contribution is 2.42. The van der Waals surface area contributed by atoms with Gasteiger partial charge in [0, 0.05) is 10.5 Å². The van der Waals surface area contributed by atoms with E-state index in [1.807, 2.05) is 13.0 Å². The second kappa shape index (κ2) is 8.13. The van der Waals surface area contributed by atoms with E-state index >= 15 is 0 Å². The molecule has 1 aliphatic rings. The second-order valence-corrected chi connectivity index (χ2v) is 6.99. The number of fused-ring (bicyclic) bond motifs is 1. The van der Waals surface area contributed by atoms with Crippen molar-refractivity contribution >= 4 is 23.1 Å². The van der Waals surface area contributed by atoms with Gasteiger partial charge in [0.1, 0.15) is 5.76 Å². The molecule has 0 saturated carbocycles. The van der Waals surface area contributed by atoms with E-state index in [-0.39, 0.29) is 0 Å². The summed E-state index contributed by atoms with van der Waals surface area (Å²) in [4.78, 5) is 1.94. The first kappa shape index (κ1) is 18.2. The molecule has 0 bridgehead atoms. The summed E-state index contributed by atoms with van der Waals surface area (Å²) < 4.78 is 5.49. The Hall–Kier alpha value is -2.11. The van der Waals surface area contributed by atoms with Crippen LogP contribution >= 0.6 is 11.8 Å². The van der Waals surface area contributed by atoms with Crippen molar-refractivity contribution in [3.8, 4) is 12.3 Å². The van der Waals surface area contributed by atoms with Gasteiger partial charge in [-0.05, 0) is 62.5 Å². The number of thioether (sulfide) groups is 1. The van der Waals surface area contributed by atoms with Gasteiger partial charge >= 0.3 is 0 Å². The van der Waals surface area contributed by atoms with Gasteiger partial charge in [0.2, 0.25) is 0 Å². The van der Waals surface area contributed by atoms with Crippen LogP contribution in [0.4, 0.5) is 0 Å². The van der Waals surface area contributed by atoms with Crippen LogP contribution in [0.3, 0.4) is 0 Å². The lowest BCUT2D eigenvalue weighted by molar-refractivity contribution is 0.369. The van der Waals surface area contributed by atoms with Gasteiger partial charge in [0.25, 0.3) is 0 Å². The number of allylic oxidation sites excluding steroid dienone is 5. The van der Waals surface area contributed by atoms with Gasteiger partial charge in [-0.2, -0.15) is 0 Å². The van der Waals surface area contributed by atoms with Gasteiger partial charge in [0.15, 0.2) is 0 Å². The van der Waals surface area contributed by atoms with Crippen LogP contribution in [-0.2, 0) is 11.2 Å². The fourth-order valence-electron chi connectivity index (χ4n) is 2.88. The van der Waals surface area contributed by atoms with E-state index in [1.54, 1.807) is 18.9 Å². The van der Waals surface area contributed by atoms with E-state index in [0.29, 0.717) is 0 Å². The summed E-state index contributed by atoms with van der Waals surface area (Å²) in [6, 6.07) is 6.57. The average Bonchev–Trinajstić information content (AvgIpc) is 2.59. The Balaban J connectivity index is 2.54. The molecule has 1 aliphatic carbocycles. The predicted molar refractivity (Wildman–Crippen MR) is 107 cm³/mol. The molecule has 0 fully saturated rings. The van der Waals surface area contributed by atoms with Crippen LogP contribution in [0.5, 0.6) is 0 Å². The molecule has 0 amide bonds. The highest BCUT2D eigenvalue weighted by atomic mass is 32.2. The first-order chi connectivity index (χ1) is 11.5. The lowest BCUT2D eigenvalue weighted by Crippen LogP contribution is -2.03. The number of aryl methyl sites for hydroxylation is 1. The molecule has 2 heteroatoms. The number of methoxy groups -OCH3 is 1. The molecule has 1 aromatic carbocycles. The largest absolute Gasteiger partial charge is 0.496 e. The van der Waals surface area contributed by atoms with E-state index in [1.165, 1.54) is 27.2 Å². The van der Waals surface area contributed by atoms with Crippen molar-refractivity contribution in [3.63, 3.8) is 0 Å². The summed E-state index contributed by atoms with van der Waals surface area (Å²) in [6.45, 7) is 10.2. The van der Waals surface area contributed by atoms with Crippen molar-refractivity contribution in [1.29, 1.82) is 0 Å². The molecule has 2 rings (SSSR count). The van der Waals surface area contributed by atoms with Gasteiger partial charge in [-0.25, -0.2) is 0 Å². The van der Waals surface area contributed by atoms with E-state index in [0.717, 1.165) is 29.1 Å². The SMILES string of the molecule is C#CC(=C)SC(C1=CCCc2ccc(/C(=C/C)OC)cc21)=C(C)C. The van der Waals surface area contributed by atoms with Gasteiger partial charge in [0.05, 0.1) is 12.0 Å². The smallest absolute Gasteiger partial charge is 0.121 e. The molecule has 1 aromatic rings. The van der Waals surface area contributed by atoms with Crippen LogP contribution in [-0.4, -0.2) is 7.11 Å². The third-order valence-electron chi connectivity index (χ3n) is 4.01. The summed E-state index contributed by atoms with van der Waals surface area (Å²) in [5.41, 5.74) is 6.24. The Labute approximate surface area is 150 Å². The third kappa shape index (κ3) is 3.86. The minimum atomic E-state index is 0.737. The molecule has 0 atom stereocenters. The van der Waals surface area contributed by atoms with Gasteiger partial charge < -0.3 is 4.74 Å². The maximum atomic E-state index is 5.51. The van der Waals surface area contributed by atoms with Crippen LogP contribution in [0.15, 0.2) is 52.3 Å². The Morgan fingerprint density at radius 2 is 2.12 bits per heavy atom. The highest BCUT2D eigenvalue weighted by Gasteiger charge is 2.19. The maximum Gasteiger partial charge on any atom is 0.121 e. The zero-order valence-electron chi connectivity index (χ0n) is 14.9. The fourth-order valence-corrected chi connectivity index (χ4v) is 3.69. The molecule has 1 nitrogen and oxygen atoms in total. The van der Waals surface area contributed by atoms with Crippen molar-refractivity contribution in [2.24, 2.45) is 0 Å². The quantitative estimate of drug-likeness (QED) is 0.468. The molecule has 24 heavy (non-hydrogen) atoms. The van der Waals surface area contributed by atoms with Crippen molar-refractivity contribution in [3.05, 3.63) is 69.0 Å². The minimum Gasteiger partial charge on any atom is -0.496 e. The number of terminal acetylenes is 1. The summed E-state index contributed by atoms with van der Waals surface area (Å²) in [7, 11) is 1.71. The molecule has 0 unspecified atom stereocenters. The Morgan fingerprint density at radius 1 is 1.38 bits per heavy atom. The second-order valence-electron chi connectivity index (χ2n) is 5.88. The van der Waals surface area contributed by atoms with Crippen molar-refractivity contribution in [1.82, 2.24) is 0 Å². The maximum absolute atomic E-state index is 5.51. The molecule has 0 N–H and O–H groups in total. The molecule has 0 heterocycles. The fraction of sp³-hybridized carbons (Fsp3) is 0.273. The third-order valence-corrected chi connectivity index (χ3v) is 5.21. The first-order valence-electron chi connectivity index (χ1n) is 8.07. The molecule has 0 aliphatic heterocycles. The van der Waals surface area contributed by atoms with E-state index in [2.05, 4.69) is 50.6 Å². The van der Waals surface area contributed by atoms with Crippen molar-refractivity contribution < 1.29 is 4.74 Å². The lowest BCUT2D eigenvalue weighted by Gasteiger charge is -2.22. The summed E-state index contributed by atoms with van der Waals surface area (Å²) in [5, 5.41) is 0. The van der Waals surface area contributed by atoms with E-state index < -0.39 is 0 Å². The van der Waals surface area contributed by atoms with E-state index in [9.17, 15) is 0 Å². The number of rotatable bonds is 5. The van der Waals surface area contributed by atoms with Crippen LogP contribution in [0.1, 0.15) is 43.9 Å². The summed E-state index contributed by atoms with van der Waals surface area (Å²) in [6.07, 6.45) is 11.9. The Bertz CT molecular complexity index is 781. The van der Waals surface area contributed by atoms with Crippen LogP contribution in [0, 0.1) is 12.3 Å². The number of benzene rings is 1. The molecule has 0 spiro atoms. The predicted octanol–water partition coefficient (Wildman–Crippen LogP) is 6.20. The number of ether oxygens (including phenoxy) is 1. The Kier molecular flexibility index (Phi) is 6.17. The normalized spacial score (nSPS) is 13.5. The summed E-state index contributed by atoms with van der Waals surface area (Å²) >= 11 is 1.58. The zero-order chi connectivity index (χ0) is 17.7. The van der Waals surface area contributed by atoms with Gasteiger partial charge in [-0.15, -0.1) is 6.42 Å². The molecular weight excluding hydrogens is 312 g/mol. The molecule has 0 radical (unpaired) electrons. The van der Waals surface area contributed by atoms with Crippen molar-refractivity contribution in [2.45, 2.75) is 33.6 Å². The first-order valence-corrected chi connectivity index (χ1v) is 8.88. The van der Waals surface area contributed by atoms with Gasteiger partial charge in [-0.3, -0.25) is 0 Å². The lowest BCUT2D eigenvalue weighted by atomic mass is 9.88. The minimum absolute atomic E-state index is 0.737. The molecular formula is C22H24OS. The average molecular weight is 337 g/mol. The summed E-state index contributed by atoms with van der Waals surface area (Å²) in [5.74, 6) is 3.53. The monoisotopic (exact) mass is 336 g/mol. The van der Waals surface area contributed by atoms with Crippen LogP contribution < -0.4 is 0 Å².